The SMILES string of the molecule is CCCC(=O)[C@@]1(C)C2CCC(O2)[C@@]1(C)C(C)=O. The molecule has 17 heavy (non-hydrogen) atoms. The molecule has 0 amide bonds. The normalized spacial score (nSPS) is 44.0. The van der Waals surface area contributed by atoms with Crippen molar-refractivity contribution < 1.29 is 14.3 Å². The molecule has 96 valence electrons. The van der Waals surface area contributed by atoms with Crippen LogP contribution in [0, 0.1) is 10.8 Å². The number of carbonyl (C=O) groups excluding carboxylic acids is 2. The third-order valence-corrected chi connectivity index (χ3v) is 5.17. The van der Waals surface area contributed by atoms with Crippen LogP contribution in [0.1, 0.15) is 53.4 Å². The fourth-order valence-corrected chi connectivity index (χ4v) is 3.70. The van der Waals surface area contributed by atoms with Crippen molar-refractivity contribution in [2.45, 2.75) is 65.6 Å². The molecule has 0 aromatic carbocycles. The van der Waals surface area contributed by atoms with E-state index in [0.717, 1.165) is 19.3 Å². The van der Waals surface area contributed by atoms with E-state index in [1.54, 1.807) is 6.92 Å². The van der Waals surface area contributed by atoms with Crippen LogP contribution in [0.25, 0.3) is 0 Å². The first-order valence-electron chi connectivity index (χ1n) is 6.58. The Morgan fingerprint density at radius 1 is 1.18 bits per heavy atom. The van der Waals surface area contributed by atoms with Gasteiger partial charge < -0.3 is 4.74 Å². The highest BCUT2D eigenvalue weighted by Crippen LogP contribution is 2.60. The molecule has 0 saturated carbocycles. The highest BCUT2D eigenvalue weighted by Gasteiger charge is 2.69. The molecule has 0 aromatic heterocycles. The highest BCUT2D eigenvalue weighted by molar-refractivity contribution is 5.96. The van der Waals surface area contributed by atoms with Gasteiger partial charge in [-0.25, -0.2) is 0 Å². The molecule has 2 heterocycles. The summed E-state index contributed by atoms with van der Waals surface area (Å²) in [5.74, 6) is 0.293. The molecule has 2 fully saturated rings. The number of Topliss-reactive ketones (excluding diaryl/α,β-unsaturated/α-hetero) is 2. The number of rotatable bonds is 4. The first-order chi connectivity index (χ1) is 7.89. The van der Waals surface area contributed by atoms with Gasteiger partial charge in [0.05, 0.1) is 23.0 Å². The van der Waals surface area contributed by atoms with E-state index in [2.05, 4.69) is 0 Å². The maximum Gasteiger partial charge on any atom is 0.142 e. The second kappa shape index (κ2) is 3.91. The second-order valence-corrected chi connectivity index (χ2v) is 5.82. The molecule has 0 radical (unpaired) electrons. The van der Waals surface area contributed by atoms with Gasteiger partial charge in [-0.3, -0.25) is 9.59 Å². The van der Waals surface area contributed by atoms with Gasteiger partial charge in [0, 0.05) is 6.42 Å². The summed E-state index contributed by atoms with van der Waals surface area (Å²) < 4.78 is 5.89. The molecule has 2 aliphatic rings. The molecule has 3 nitrogen and oxygen atoms in total. The minimum atomic E-state index is -0.623. The van der Waals surface area contributed by atoms with Crippen molar-refractivity contribution in [3.8, 4) is 0 Å². The van der Waals surface area contributed by atoms with E-state index in [-0.39, 0.29) is 23.8 Å². The monoisotopic (exact) mass is 238 g/mol. The number of ketones is 2. The molecule has 0 aromatic rings. The predicted molar refractivity (Wildman–Crippen MR) is 64.7 cm³/mol. The fourth-order valence-electron chi connectivity index (χ4n) is 3.70. The van der Waals surface area contributed by atoms with Crippen molar-refractivity contribution in [3.63, 3.8) is 0 Å². The molecule has 3 heteroatoms. The molecule has 0 aliphatic carbocycles. The van der Waals surface area contributed by atoms with Gasteiger partial charge >= 0.3 is 0 Å². The Morgan fingerprint density at radius 2 is 1.71 bits per heavy atom. The van der Waals surface area contributed by atoms with E-state index in [1.807, 2.05) is 20.8 Å². The topological polar surface area (TPSA) is 43.4 Å². The minimum absolute atomic E-state index is 0.0551. The summed E-state index contributed by atoms with van der Waals surface area (Å²) >= 11 is 0. The Labute approximate surface area is 103 Å². The smallest absolute Gasteiger partial charge is 0.142 e. The number of carbonyl (C=O) groups is 2. The van der Waals surface area contributed by atoms with Crippen molar-refractivity contribution in [2.75, 3.05) is 0 Å². The lowest BCUT2D eigenvalue weighted by molar-refractivity contribution is -0.146. The van der Waals surface area contributed by atoms with Crippen LogP contribution in [-0.4, -0.2) is 23.8 Å². The van der Waals surface area contributed by atoms with Crippen LogP contribution >= 0.6 is 0 Å². The van der Waals surface area contributed by atoms with Gasteiger partial charge in [0.1, 0.15) is 11.6 Å². The van der Waals surface area contributed by atoms with Gasteiger partial charge in [-0.1, -0.05) is 6.92 Å². The number of ether oxygens (including phenoxy) is 1. The molecule has 0 spiro atoms. The third-order valence-electron chi connectivity index (χ3n) is 5.17. The zero-order valence-corrected chi connectivity index (χ0v) is 11.2. The Morgan fingerprint density at radius 3 is 2.18 bits per heavy atom. The van der Waals surface area contributed by atoms with E-state index >= 15 is 0 Å². The predicted octanol–water partition coefficient (Wildman–Crippen LogP) is 2.52. The lowest BCUT2D eigenvalue weighted by Crippen LogP contribution is -2.55. The Hall–Kier alpha value is -0.700. The molecular weight excluding hydrogens is 216 g/mol. The number of fused-ring (bicyclic) bond motifs is 2. The summed E-state index contributed by atoms with van der Waals surface area (Å²) in [5.41, 5.74) is -1.24. The Kier molecular flexibility index (Phi) is 2.93. The van der Waals surface area contributed by atoms with Gasteiger partial charge in [0.15, 0.2) is 0 Å². The molecule has 4 atom stereocenters. The van der Waals surface area contributed by atoms with Gasteiger partial charge in [0.2, 0.25) is 0 Å². The Balaban J connectivity index is 2.43. The van der Waals surface area contributed by atoms with Gasteiger partial charge in [-0.05, 0) is 40.0 Å². The van der Waals surface area contributed by atoms with Crippen LogP contribution in [0.3, 0.4) is 0 Å². The Bertz CT molecular complexity index is 362. The maximum absolute atomic E-state index is 12.4. The fraction of sp³-hybridized carbons (Fsp3) is 0.857. The third kappa shape index (κ3) is 1.38. The molecule has 2 unspecified atom stereocenters. The average Bonchev–Trinajstić information content (AvgIpc) is 2.82. The van der Waals surface area contributed by atoms with Crippen molar-refractivity contribution in [1.29, 1.82) is 0 Å². The molecule has 2 aliphatic heterocycles. The zero-order valence-electron chi connectivity index (χ0n) is 11.2. The maximum atomic E-state index is 12.4. The minimum Gasteiger partial charge on any atom is -0.373 e. The van der Waals surface area contributed by atoms with Crippen LogP contribution in [0.5, 0.6) is 0 Å². The van der Waals surface area contributed by atoms with Gasteiger partial charge in [0.25, 0.3) is 0 Å². The van der Waals surface area contributed by atoms with Crippen LogP contribution in [0.15, 0.2) is 0 Å². The second-order valence-electron chi connectivity index (χ2n) is 5.82. The first kappa shape index (κ1) is 12.7. The highest BCUT2D eigenvalue weighted by atomic mass is 16.5. The van der Waals surface area contributed by atoms with Crippen LogP contribution in [0.4, 0.5) is 0 Å². The number of hydrogen-bond donors (Lipinski definition) is 0. The van der Waals surface area contributed by atoms with Crippen molar-refractivity contribution >= 4 is 11.6 Å². The van der Waals surface area contributed by atoms with E-state index in [9.17, 15) is 9.59 Å². The van der Waals surface area contributed by atoms with E-state index in [4.69, 9.17) is 4.74 Å². The summed E-state index contributed by atoms with van der Waals surface area (Å²) in [6, 6.07) is 0. The molecule has 2 bridgehead atoms. The molecular formula is C14H22O3. The molecule has 2 rings (SSSR count). The standard InChI is InChI=1S/C14H22O3/c1-5-6-10(16)14(4)12-8-7-11(17-12)13(14,3)9(2)15/h11-12H,5-8H2,1-4H3/t11?,12?,13-,14+/m1/s1. The van der Waals surface area contributed by atoms with Crippen molar-refractivity contribution in [2.24, 2.45) is 10.8 Å². The van der Waals surface area contributed by atoms with E-state index < -0.39 is 10.8 Å². The van der Waals surface area contributed by atoms with Crippen LogP contribution in [0.2, 0.25) is 0 Å². The summed E-state index contributed by atoms with van der Waals surface area (Å²) in [7, 11) is 0. The van der Waals surface area contributed by atoms with Gasteiger partial charge in [-0.15, -0.1) is 0 Å². The lowest BCUT2D eigenvalue weighted by Gasteiger charge is -2.44. The summed E-state index contributed by atoms with van der Waals surface area (Å²) in [5, 5.41) is 0. The quantitative estimate of drug-likeness (QED) is 0.756. The van der Waals surface area contributed by atoms with Crippen LogP contribution in [-0.2, 0) is 14.3 Å². The van der Waals surface area contributed by atoms with Crippen molar-refractivity contribution in [1.82, 2.24) is 0 Å². The first-order valence-corrected chi connectivity index (χ1v) is 6.58. The lowest BCUT2D eigenvalue weighted by atomic mass is 9.54. The van der Waals surface area contributed by atoms with E-state index in [0.29, 0.717) is 6.42 Å². The van der Waals surface area contributed by atoms with Crippen LogP contribution < -0.4 is 0 Å². The summed E-state index contributed by atoms with van der Waals surface area (Å²) in [6.45, 7) is 7.46. The largest absolute Gasteiger partial charge is 0.373 e. The summed E-state index contributed by atoms with van der Waals surface area (Å²) in [4.78, 5) is 24.5. The molecule has 0 N–H and O–H groups in total. The average molecular weight is 238 g/mol. The van der Waals surface area contributed by atoms with Crippen molar-refractivity contribution in [3.05, 3.63) is 0 Å². The van der Waals surface area contributed by atoms with E-state index in [1.165, 1.54) is 0 Å². The van der Waals surface area contributed by atoms with Gasteiger partial charge in [-0.2, -0.15) is 0 Å². The zero-order chi connectivity index (χ0) is 12.8. The molecule has 2 saturated heterocycles. The number of hydrogen-bond acceptors (Lipinski definition) is 3. The summed E-state index contributed by atoms with van der Waals surface area (Å²) in [6.07, 6.45) is 3.09.